The maximum absolute atomic E-state index is 15.5. The zero-order valence-electron chi connectivity index (χ0n) is 16.7. The topological polar surface area (TPSA) is 54.6 Å². The van der Waals surface area contributed by atoms with Gasteiger partial charge in [-0.1, -0.05) is 60.7 Å². The Kier molecular flexibility index (Phi) is 5.19. The number of benzene rings is 3. The van der Waals surface area contributed by atoms with Gasteiger partial charge < -0.3 is 9.67 Å². The molecule has 3 aromatic carbocycles. The number of pyridine rings is 1. The van der Waals surface area contributed by atoms with Crippen LogP contribution in [-0.2, 0) is 0 Å². The van der Waals surface area contributed by atoms with E-state index in [2.05, 4.69) is 4.99 Å². The Morgan fingerprint density at radius 1 is 0.933 bits per heavy atom. The van der Waals surface area contributed by atoms with Crippen LogP contribution in [0.2, 0.25) is 0 Å². The highest BCUT2D eigenvalue weighted by molar-refractivity contribution is 6.14. The molecule has 0 radical (unpaired) electrons. The molecule has 1 heterocycles. The van der Waals surface area contributed by atoms with Gasteiger partial charge in [-0.15, -0.1) is 0 Å². The summed E-state index contributed by atoms with van der Waals surface area (Å²) in [4.78, 5) is 17.0. The summed E-state index contributed by atoms with van der Waals surface area (Å²) in [7, 11) is 0. The summed E-state index contributed by atoms with van der Waals surface area (Å²) in [5.41, 5.74) is 2.37. The quantitative estimate of drug-likeness (QED) is 0.454. The van der Waals surface area contributed by atoms with Gasteiger partial charge >= 0.3 is 0 Å². The van der Waals surface area contributed by atoms with Gasteiger partial charge in [0.1, 0.15) is 5.69 Å². The molecule has 150 valence electrons. The van der Waals surface area contributed by atoms with Gasteiger partial charge in [0.25, 0.3) is 5.56 Å². The van der Waals surface area contributed by atoms with E-state index in [0.717, 1.165) is 11.1 Å². The molecule has 4 nitrogen and oxygen atoms in total. The van der Waals surface area contributed by atoms with Crippen molar-refractivity contribution in [2.45, 2.75) is 19.9 Å². The fourth-order valence-electron chi connectivity index (χ4n) is 3.56. The fourth-order valence-corrected chi connectivity index (χ4v) is 3.56. The van der Waals surface area contributed by atoms with Crippen LogP contribution < -0.4 is 5.56 Å². The summed E-state index contributed by atoms with van der Waals surface area (Å²) in [6.07, 6.45) is 0. The first-order valence-corrected chi connectivity index (χ1v) is 9.73. The van der Waals surface area contributed by atoms with Crippen molar-refractivity contribution in [2.75, 3.05) is 0 Å². The van der Waals surface area contributed by atoms with E-state index in [1.54, 1.807) is 12.1 Å². The average molecular weight is 400 g/mol. The lowest BCUT2D eigenvalue weighted by atomic mass is 10.0. The Morgan fingerprint density at radius 2 is 1.50 bits per heavy atom. The molecule has 0 atom stereocenters. The van der Waals surface area contributed by atoms with Crippen molar-refractivity contribution in [3.05, 3.63) is 106 Å². The monoisotopic (exact) mass is 400 g/mol. The minimum Gasteiger partial charge on any atom is -0.503 e. The van der Waals surface area contributed by atoms with Crippen LogP contribution in [0.5, 0.6) is 5.75 Å². The lowest BCUT2D eigenvalue weighted by Crippen LogP contribution is -2.22. The molecule has 4 rings (SSSR count). The molecule has 30 heavy (non-hydrogen) atoms. The molecular weight excluding hydrogens is 379 g/mol. The largest absolute Gasteiger partial charge is 0.503 e. The summed E-state index contributed by atoms with van der Waals surface area (Å²) in [5.74, 6) is -1.07. The Bertz CT molecular complexity index is 1250. The predicted octanol–water partition coefficient (Wildman–Crippen LogP) is 5.60. The molecule has 1 aromatic heterocycles. The summed E-state index contributed by atoms with van der Waals surface area (Å²) in [6.45, 7) is 3.63. The standard InChI is InChI=1S/C25H21FN2O2/c1-16(2)28-21-14-13-20(23(26)19(21)15-22(29)25(28)30)27-24(17-9-5-3-6-10-17)18-11-7-4-8-12-18/h3-16,29H,1-2H3. The van der Waals surface area contributed by atoms with Crippen molar-refractivity contribution in [1.29, 1.82) is 0 Å². The van der Waals surface area contributed by atoms with Crippen LogP contribution >= 0.6 is 0 Å². The number of halogens is 1. The van der Waals surface area contributed by atoms with E-state index >= 15 is 4.39 Å². The van der Waals surface area contributed by atoms with Gasteiger partial charge in [-0.3, -0.25) is 4.79 Å². The molecule has 0 spiro atoms. The lowest BCUT2D eigenvalue weighted by Gasteiger charge is -2.15. The van der Waals surface area contributed by atoms with Crippen molar-refractivity contribution >= 4 is 22.3 Å². The third-order valence-corrected chi connectivity index (χ3v) is 4.96. The van der Waals surface area contributed by atoms with Crippen molar-refractivity contribution in [3.63, 3.8) is 0 Å². The number of aromatic hydroxyl groups is 1. The Hall–Kier alpha value is -3.73. The minimum atomic E-state index is -0.582. The van der Waals surface area contributed by atoms with E-state index in [1.807, 2.05) is 74.5 Å². The zero-order valence-corrected chi connectivity index (χ0v) is 16.7. The number of nitrogens with zero attached hydrogens (tertiary/aromatic N) is 2. The molecule has 0 saturated carbocycles. The van der Waals surface area contributed by atoms with Crippen molar-refractivity contribution < 1.29 is 9.50 Å². The second-order valence-electron chi connectivity index (χ2n) is 7.32. The van der Waals surface area contributed by atoms with Crippen molar-refractivity contribution in [1.82, 2.24) is 4.57 Å². The Morgan fingerprint density at radius 3 is 2.03 bits per heavy atom. The van der Waals surface area contributed by atoms with E-state index in [4.69, 9.17) is 0 Å². The molecule has 0 aliphatic carbocycles. The van der Waals surface area contributed by atoms with E-state index in [1.165, 1.54) is 10.6 Å². The molecular formula is C25H21FN2O2. The van der Waals surface area contributed by atoms with Gasteiger partial charge in [-0.2, -0.15) is 0 Å². The minimum absolute atomic E-state index is 0.138. The maximum atomic E-state index is 15.5. The van der Waals surface area contributed by atoms with Crippen LogP contribution in [0, 0.1) is 5.82 Å². The summed E-state index contributed by atoms with van der Waals surface area (Å²) in [6, 6.07) is 23.3. The predicted molar refractivity (Wildman–Crippen MR) is 118 cm³/mol. The zero-order chi connectivity index (χ0) is 21.3. The number of fused-ring (bicyclic) bond motifs is 1. The number of aromatic nitrogens is 1. The van der Waals surface area contributed by atoms with Crippen LogP contribution in [0.3, 0.4) is 0 Å². The summed E-state index contributed by atoms with van der Waals surface area (Å²) in [5, 5.41) is 10.2. The second-order valence-corrected chi connectivity index (χ2v) is 7.32. The van der Waals surface area contributed by atoms with Crippen LogP contribution in [0.15, 0.2) is 88.6 Å². The van der Waals surface area contributed by atoms with Crippen LogP contribution in [0.4, 0.5) is 10.1 Å². The van der Waals surface area contributed by atoms with Gasteiger partial charge in [-0.05, 0) is 32.0 Å². The number of hydrogen-bond acceptors (Lipinski definition) is 3. The van der Waals surface area contributed by atoms with Crippen LogP contribution in [0.1, 0.15) is 31.0 Å². The highest BCUT2D eigenvalue weighted by Crippen LogP contribution is 2.30. The molecule has 0 aliphatic rings. The number of aliphatic imine (C=N–C) groups is 1. The molecule has 0 fully saturated rings. The summed E-state index contributed by atoms with van der Waals surface area (Å²) >= 11 is 0. The van der Waals surface area contributed by atoms with Crippen molar-refractivity contribution in [3.8, 4) is 5.75 Å². The number of hydrogen-bond donors (Lipinski definition) is 1. The van der Waals surface area contributed by atoms with Gasteiger partial charge in [0, 0.05) is 22.6 Å². The van der Waals surface area contributed by atoms with E-state index in [0.29, 0.717) is 11.2 Å². The van der Waals surface area contributed by atoms with Crippen LogP contribution in [-0.4, -0.2) is 15.4 Å². The maximum Gasteiger partial charge on any atom is 0.293 e. The van der Waals surface area contributed by atoms with E-state index in [9.17, 15) is 9.90 Å². The molecule has 0 aliphatic heterocycles. The van der Waals surface area contributed by atoms with E-state index < -0.39 is 17.1 Å². The first-order chi connectivity index (χ1) is 14.5. The molecule has 0 bridgehead atoms. The van der Waals surface area contributed by atoms with Crippen molar-refractivity contribution in [2.24, 2.45) is 4.99 Å². The fraction of sp³-hybridized carbons (Fsp3) is 0.120. The first kappa shape index (κ1) is 19.6. The van der Waals surface area contributed by atoms with Crippen LogP contribution in [0.25, 0.3) is 10.9 Å². The summed E-state index contributed by atoms with van der Waals surface area (Å²) < 4.78 is 16.9. The molecule has 4 aromatic rings. The highest BCUT2D eigenvalue weighted by atomic mass is 19.1. The molecule has 0 unspecified atom stereocenters. The van der Waals surface area contributed by atoms with E-state index in [-0.39, 0.29) is 17.1 Å². The SMILES string of the molecule is CC(C)n1c(=O)c(O)cc2c(F)c(N=C(c3ccccc3)c3ccccc3)ccc21. The first-order valence-electron chi connectivity index (χ1n) is 9.73. The third kappa shape index (κ3) is 3.50. The third-order valence-electron chi connectivity index (χ3n) is 4.96. The van der Waals surface area contributed by atoms with Gasteiger partial charge in [0.05, 0.1) is 11.2 Å². The Labute approximate surface area is 173 Å². The normalized spacial score (nSPS) is 11.1. The Balaban J connectivity index is 1.98. The van der Waals surface area contributed by atoms with Gasteiger partial charge in [0.2, 0.25) is 0 Å². The van der Waals surface area contributed by atoms with Gasteiger partial charge in [0.15, 0.2) is 11.6 Å². The molecule has 0 saturated heterocycles. The second kappa shape index (κ2) is 7.95. The smallest absolute Gasteiger partial charge is 0.293 e. The molecule has 0 amide bonds. The molecule has 1 N–H and O–H groups in total. The number of rotatable bonds is 4. The highest BCUT2D eigenvalue weighted by Gasteiger charge is 2.17. The lowest BCUT2D eigenvalue weighted by molar-refractivity contribution is 0.453. The molecule has 5 heteroatoms. The average Bonchev–Trinajstić information content (AvgIpc) is 2.76. The van der Waals surface area contributed by atoms with Gasteiger partial charge in [-0.25, -0.2) is 9.38 Å².